The Morgan fingerprint density at radius 3 is 2.54 bits per heavy atom. The summed E-state index contributed by atoms with van der Waals surface area (Å²) in [5.41, 5.74) is 1.19. The van der Waals surface area contributed by atoms with Crippen LogP contribution in [0.2, 0.25) is 5.02 Å². The second-order valence-electron chi connectivity index (χ2n) is 3.03. The molecule has 1 unspecified atom stereocenters. The lowest BCUT2D eigenvalue weighted by Gasteiger charge is -2.06. The van der Waals surface area contributed by atoms with Crippen LogP contribution in [-0.4, -0.2) is 9.96 Å². The smallest absolute Gasteiger partial charge is 0.0462 e. The normalized spacial score (nSPS) is 26.5. The largest absolute Gasteiger partial charge is 0.255 e. The van der Waals surface area contributed by atoms with Crippen LogP contribution in [0.5, 0.6) is 0 Å². The fourth-order valence-electron chi connectivity index (χ4n) is 1.39. The molecule has 0 fully saturated rings. The summed E-state index contributed by atoms with van der Waals surface area (Å²) in [4.78, 5) is 0. The molecule has 13 heavy (non-hydrogen) atoms. The van der Waals surface area contributed by atoms with Gasteiger partial charge in [0, 0.05) is 27.5 Å². The highest BCUT2D eigenvalue weighted by Gasteiger charge is 2.16. The minimum Gasteiger partial charge on any atom is -0.255 e. The fraction of sp³-hybridized carbons (Fsp3) is 0.200. The first-order valence-electron chi connectivity index (χ1n) is 4.06. The number of hydrogen-bond donors (Lipinski definition) is 0. The van der Waals surface area contributed by atoms with Gasteiger partial charge in [-0.05, 0) is 23.1 Å². The van der Waals surface area contributed by atoms with Crippen LogP contribution < -0.4 is 0 Å². The number of allylic oxidation sites excluding steroid dienone is 1. The van der Waals surface area contributed by atoms with Gasteiger partial charge in [-0.1, -0.05) is 29.8 Å². The van der Waals surface area contributed by atoms with E-state index in [9.17, 15) is 4.21 Å². The SMILES string of the molecule is O=S1C=C[C@H](c2ccc(Cl)cc2)C1. The fourth-order valence-corrected chi connectivity index (χ4v) is 2.65. The Labute approximate surface area is 84.9 Å². The molecule has 0 saturated heterocycles. The summed E-state index contributed by atoms with van der Waals surface area (Å²) in [6, 6.07) is 7.71. The van der Waals surface area contributed by atoms with Gasteiger partial charge in [0.1, 0.15) is 0 Å². The Morgan fingerprint density at radius 2 is 2.00 bits per heavy atom. The third kappa shape index (κ3) is 2.01. The van der Waals surface area contributed by atoms with Crippen LogP contribution in [0.25, 0.3) is 0 Å². The first-order valence-corrected chi connectivity index (χ1v) is 5.83. The van der Waals surface area contributed by atoms with E-state index in [2.05, 4.69) is 0 Å². The molecule has 1 nitrogen and oxygen atoms in total. The first kappa shape index (κ1) is 8.97. The summed E-state index contributed by atoms with van der Waals surface area (Å²) >= 11 is 5.77. The maximum Gasteiger partial charge on any atom is 0.0462 e. The van der Waals surface area contributed by atoms with E-state index in [0.717, 1.165) is 5.02 Å². The van der Waals surface area contributed by atoms with E-state index in [4.69, 9.17) is 11.6 Å². The minimum absolute atomic E-state index is 0.304. The molecule has 1 aliphatic rings. The molecule has 1 heterocycles. The van der Waals surface area contributed by atoms with E-state index < -0.39 is 10.8 Å². The molecule has 1 aromatic rings. The highest BCUT2D eigenvalue weighted by molar-refractivity contribution is 7.88. The zero-order valence-electron chi connectivity index (χ0n) is 6.94. The highest BCUT2D eigenvalue weighted by Crippen LogP contribution is 2.24. The Kier molecular flexibility index (Phi) is 2.51. The highest BCUT2D eigenvalue weighted by atomic mass is 35.5. The van der Waals surface area contributed by atoms with Crippen molar-refractivity contribution in [3.8, 4) is 0 Å². The van der Waals surface area contributed by atoms with Gasteiger partial charge in [-0.15, -0.1) is 0 Å². The summed E-state index contributed by atoms with van der Waals surface area (Å²) in [6.45, 7) is 0. The van der Waals surface area contributed by atoms with Crippen LogP contribution >= 0.6 is 11.6 Å². The van der Waals surface area contributed by atoms with Gasteiger partial charge in [0.15, 0.2) is 0 Å². The molecule has 0 N–H and O–H groups in total. The van der Waals surface area contributed by atoms with E-state index in [1.165, 1.54) is 5.56 Å². The van der Waals surface area contributed by atoms with E-state index >= 15 is 0 Å². The quantitative estimate of drug-likeness (QED) is 0.700. The van der Waals surface area contributed by atoms with Crippen molar-refractivity contribution in [1.82, 2.24) is 0 Å². The van der Waals surface area contributed by atoms with Gasteiger partial charge in [0.05, 0.1) is 0 Å². The van der Waals surface area contributed by atoms with Crippen LogP contribution in [-0.2, 0) is 10.8 Å². The molecular formula is C10H9ClOS. The second-order valence-corrected chi connectivity index (χ2v) is 4.84. The number of rotatable bonds is 1. The maximum atomic E-state index is 11.1. The van der Waals surface area contributed by atoms with Crippen molar-refractivity contribution in [1.29, 1.82) is 0 Å². The summed E-state index contributed by atoms with van der Waals surface area (Å²) < 4.78 is 11.1. The molecule has 2 rings (SSSR count). The predicted molar refractivity (Wildman–Crippen MR) is 56.3 cm³/mol. The third-order valence-electron chi connectivity index (χ3n) is 2.10. The van der Waals surface area contributed by atoms with Crippen molar-refractivity contribution < 1.29 is 4.21 Å². The van der Waals surface area contributed by atoms with Crippen LogP contribution in [0.3, 0.4) is 0 Å². The molecule has 0 spiro atoms. The zero-order valence-corrected chi connectivity index (χ0v) is 8.52. The standard InChI is InChI=1S/C10H9ClOS/c11-10-3-1-8(2-4-10)9-5-6-13(12)7-9/h1-6,9H,7H2/t9-,13?/m0/s1. The molecule has 2 atom stereocenters. The van der Waals surface area contributed by atoms with Crippen LogP contribution in [0.1, 0.15) is 11.5 Å². The Bertz CT molecular complexity index is 356. The van der Waals surface area contributed by atoms with E-state index in [1.54, 1.807) is 5.41 Å². The van der Waals surface area contributed by atoms with E-state index in [-0.39, 0.29) is 0 Å². The van der Waals surface area contributed by atoms with Crippen LogP contribution in [0.4, 0.5) is 0 Å². The minimum atomic E-state index is -0.772. The average Bonchev–Trinajstić information content (AvgIpc) is 2.53. The van der Waals surface area contributed by atoms with Crippen molar-refractivity contribution in [2.75, 3.05) is 5.75 Å². The Hall–Kier alpha value is -0.600. The number of benzene rings is 1. The molecule has 0 aliphatic carbocycles. The Balaban J connectivity index is 2.22. The van der Waals surface area contributed by atoms with Crippen LogP contribution in [0.15, 0.2) is 35.7 Å². The van der Waals surface area contributed by atoms with Gasteiger partial charge in [0.2, 0.25) is 0 Å². The van der Waals surface area contributed by atoms with E-state index in [1.807, 2.05) is 30.3 Å². The van der Waals surface area contributed by atoms with Gasteiger partial charge < -0.3 is 0 Å². The summed E-state index contributed by atoms with van der Waals surface area (Å²) in [6.07, 6.45) is 2.00. The number of halogens is 1. The summed E-state index contributed by atoms with van der Waals surface area (Å²) in [5, 5.41) is 2.51. The molecule has 3 heteroatoms. The van der Waals surface area contributed by atoms with E-state index in [0.29, 0.717) is 11.7 Å². The van der Waals surface area contributed by atoms with Gasteiger partial charge >= 0.3 is 0 Å². The monoisotopic (exact) mass is 212 g/mol. The van der Waals surface area contributed by atoms with Crippen molar-refractivity contribution in [3.63, 3.8) is 0 Å². The molecule has 0 saturated carbocycles. The summed E-state index contributed by atoms with van der Waals surface area (Å²) in [5.74, 6) is 1.01. The van der Waals surface area contributed by atoms with Gasteiger partial charge in [-0.25, -0.2) is 0 Å². The lowest BCUT2D eigenvalue weighted by molar-refractivity contribution is 0.688. The number of hydrogen-bond acceptors (Lipinski definition) is 1. The van der Waals surface area contributed by atoms with Gasteiger partial charge in [0.25, 0.3) is 0 Å². The van der Waals surface area contributed by atoms with Crippen molar-refractivity contribution >= 4 is 22.4 Å². The molecule has 0 bridgehead atoms. The summed E-state index contributed by atoms with van der Waals surface area (Å²) in [7, 11) is -0.772. The van der Waals surface area contributed by atoms with Crippen molar-refractivity contribution in [2.45, 2.75) is 5.92 Å². The van der Waals surface area contributed by atoms with Crippen molar-refractivity contribution in [2.24, 2.45) is 0 Å². The molecule has 68 valence electrons. The van der Waals surface area contributed by atoms with Gasteiger partial charge in [-0.2, -0.15) is 0 Å². The predicted octanol–water partition coefficient (Wildman–Crippen LogP) is 2.70. The molecule has 0 radical (unpaired) electrons. The molecule has 0 amide bonds. The van der Waals surface area contributed by atoms with Crippen molar-refractivity contribution in [3.05, 3.63) is 46.3 Å². The molecule has 0 aromatic heterocycles. The second kappa shape index (κ2) is 3.64. The molecule has 1 aliphatic heterocycles. The molecular weight excluding hydrogens is 204 g/mol. The first-order chi connectivity index (χ1) is 6.25. The maximum absolute atomic E-state index is 11.1. The molecule has 1 aromatic carbocycles. The van der Waals surface area contributed by atoms with Gasteiger partial charge in [-0.3, -0.25) is 4.21 Å². The lowest BCUT2D eigenvalue weighted by Crippen LogP contribution is -1.98. The average molecular weight is 213 g/mol. The van der Waals surface area contributed by atoms with Crippen LogP contribution in [0, 0.1) is 0 Å². The Morgan fingerprint density at radius 1 is 1.31 bits per heavy atom. The zero-order chi connectivity index (χ0) is 9.26. The lowest BCUT2D eigenvalue weighted by atomic mass is 10.0. The third-order valence-corrected chi connectivity index (χ3v) is 3.50. The topological polar surface area (TPSA) is 17.1 Å².